The van der Waals surface area contributed by atoms with Crippen LogP contribution < -0.4 is 14.8 Å². The lowest BCUT2D eigenvalue weighted by molar-refractivity contribution is -0.385. The zero-order valence-electron chi connectivity index (χ0n) is 14.9. The van der Waals surface area contributed by atoms with Crippen LogP contribution >= 0.6 is 27.3 Å². The average Bonchev–Trinajstić information content (AvgIpc) is 3.15. The molecule has 1 N–H and O–H groups in total. The van der Waals surface area contributed by atoms with Crippen molar-refractivity contribution >= 4 is 44.0 Å². The Morgan fingerprint density at radius 2 is 1.90 bits per heavy atom. The number of fused-ring (bicyclic) bond motifs is 1. The smallest absolute Gasteiger partial charge is 0.286 e. The van der Waals surface area contributed by atoms with Crippen molar-refractivity contribution < 1.29 is 19.2 Å². The molecule has 148 valence electrons. The number of benzene rings is 2. The fourth-order valence-electron chi connectivity index (χ4n) is 2.83. The molecule has 0 bridgehead atoms. The molecular weight excluding hydrogens is 462 g/mol. The molecule has 2 heterocycles. The number of nitrogens with one attached hydrogen (secondary N) is 1. The van der Waals surface area contributed by atoms with Crippen molar-refractivity contribution in [1.82, 2.24) is 4.98 Å². The van der Waals surface area contributed by atoms with Crippen molar-refractivity contribution in [3.8, 4) is 11.5 Å². The van der Waals surface area contributed by atoms with Crippen LogP contribution in [-0.4, -0.2) is 29.0 Å². The zero-order chi connectivity index (χ0) is 20.4. The maximum absolute atomic E-state index is 12.7. The van der Waals surface area contributed by atoms with E-state index < -0.39 is 10.8 Å². The Morgan fingerprint density at radius 3 is 2.59 bits per heavy atom. The van der Waals surface area contributed by atoms with Crippen LogP contribution in [0, 0.1) is 10.1 Å². The van der Waals surface area contributed by atoms with Gasteiger partial charge in [0.15, 0.2) is 16.6 Å². The third kappa shape index (κ3) is 4.38. The highest BCUT2D eigenvalue weighted by atomic mass is 79.9. The molecule has 4 rings (SSSR count). The number of thiazole rings is 1. The van der Waals surface area contributed by atoms with Crippen LogP contribution in [0.1, 0.15) is 20.8 Å². The van der Waals surface area contributed by atoms with Gasteiger partial charge in [0, 0.05) is 28.0 Å². The van der Waals surface area contributed by atoms with Crippen molar-refractivity contribution in [3.05, 3.63) is 73.2 Å². The number of hydrogen-bond acceptors (Lipinski definition) is 7. The van der Waals surface area contributed by atoms with Crippen molar-refractivity contribution in [2.24, 2.45) is 0 Å². The van der Waals surface area contributed by atoms with Crippen LogP contribution in [0.25, 0.3) is 0 Å². The molecule has 0 spiro atoms. The molecule has 1 amide bonds. The quantitative estimate of drug-likeness (QED) is 0.432. The van der Waals surface area contributed by atoms with E-state index in [1.807, 2.05) is 24.3 Å². The Hall–Kier alpha value is -2.98. The molecule has 0 aliphatic carbocycles. The molecule has 0 saturated heterocycles. The first kappa shape index (κ1) is 19.3. The minimum Gasteiger partial charge on any atom is -0.486 e. The Bertz CT molecular complexity index is 1080. The van der Waals surface area contributed by atoms with Gasteiger partial charge in [0.1, 0.15) is 18.8 Å². The molecule has 1 aromatic heterocycles. The van der Waals surface area contributed by atoms with Crippen LogP contribution in [0.4, 0.5) is 10.8 Å². The Labute approximate surface area is 177 Å². The third-order valence-corrected chi connectivity index (χ3v) is 5.61. The lowest BCUT2D eigenvalue weighted by Crippen LogP contribution is -2.18. The van der Waals surface area contributed by atoms with E-state index in [0.29, 0.717) is 30.5 Å². The molecule has 0 atom stereocenters. The molecule has 10 heteroatoms. The number of carbonyl (C=O) groups is 1. The number of aromatic nitrogens is 1. The van der Waals surface area contributed by atoms with Crippen molar-refractivity contribution in [2.45, 2.75) is 6.42 Å². The first-order chi connectivity index (χ1) is 14.0. The van der Waals surface area contributed by atoms with Gasteiger partial charge in [0.2, 0.25) is 0 Å². The van der Waals surface area contributed by atoms with Gasteiger partial charge >= 0.3 is 0 Å². The fraction of sp³-hybridized carbons (Fsp3) is 0.158. The predicted octanol–water partition coefficient (Wildman–Crippen LogP) is 4.43. The number of amides is 1. The van der Waals surface area contributed by atoms with Gasteiger partial charge in [-0.3, -0.25) is 20.2 Å². The summed E-state index contributed by atoms with van der Waals surface area (Å²) in [6.07, 6.45) is 2.35. The van der Waals surface area contributed by atoms with E-state index in [2.05, 4.69) is 26.2 Å². The first-order valence-electron chi connectivity index (χ1n) is 8.58. The summed E-state index contributed by atoms with van der Waals surface area (Å²) in [5.41, 5.74) is 0.652. The monoisotopic (exact) mass is 475 g/mol. The van der Waals surface area contributed by atoms with Crippen molar-refractivity contribution in [1.29, 1.82) is 0 Å². The van der Waals surface area contributed by atoms with Gasteiger partial charge < -0.3 is 9.47 Å². The standard InChI is InChI=1S/C19H14BrN3O5S/c20-12-3-1-11(2-4-12)7-13-10-21-19(29-13)22-18(24)14-8-16-17(28-6-5-27-16)9-15(14)23(25)26/h1-4,8-10H,5-7H2,(H,21,22,24). The lowest BCUT2D eigenvalue weighted by atomic mass is 10.1. The number of hydrogen-bond donors (Lipinski definition) is 1. The summed E-state index contributed by atoms with van der Waals surface area (Å²) in [5, 5.41) is 14.4. The number of carbonyl (C=O) groups excluding carboxylic acids is 1. The number of nitro groups is 1. The van der Waals surface area contributed by atoms with Gasteiger partial charge in [-0.15, -0.1) is 11.3 Å². The first-order valence-corrected chi connectivity index (χ1v) is 10.2. The number of anilines is 1. The summed E-state index contributed by atoms with van der Waals surface area (Å²) >= 11 is 4.72. The zero-order valence-corrected chi connectivity index (χ0v) is 17.3. The molecule has 2 aromatic carbocycles. The number of ether oxygens (including phenoxy) is 2. The maximum Gasteiger partial charge on any atom is 0.286 e. The Balaban J connectivity index is 1.53. The lowest BCUT2D eigenvalue weighted by Gasteiger charge is -2.18. The topological polar surface area (TPSA) is 104 Å². The number of nitro benzene ring substituents is 1. The van der Waals surface area contributed by atoms with E-state index in [9.17, 15) is 14.9 Å². The van der Waals surface area contributed by atoms with Gasteiger partial charge in [0.05, 0.1) is 11.0 Å². The number of halogens is 1. The van der Waals surface area contributed by atoms with E-state index in [4.69, 9.17) is 9.47 Å². The molecule has 3 aromatic rings. The van der Waals surface area contributed by atoms with Crippen molar-refractivity contribution in [2.75, 3.05) is 18.5 Å². The van der Waals surface area contributed by atoms with Crippen LogP contribution in [0.3, 0.4) is 0 Å². The highest BCUT2D eigenvalue weighted by Crippen LogP contribution is 2.37. The molecule has 0 saturated carbocycles. The SMILES string of the molecule is O=C(Nc1ncc(Cc2ccc(Br)cc2)s1)c1cc2c(cc1[N+](=O)[O-])OCCO2. The minimum atomic E-state index is -0.627. The second-order valence-corrected chi connectivity index (χ2v) is 8.19. The summed E-state index contributed by atoms with van der Waals surface area (Å²) in [5.74, 6) is -0.0641. The fourth-order valence-corrected chi connectivity index (χ4v) is 3.93. The van der Waals surface area contributed by atoms with Gasteiger partial charge in [-0.05, 0) is 17.7 Å². The minimum absolute atomic E-state index is 0.107. The van der Waals surface area contributed by atoms with Gasteiger partial charge in [0.25, 0.3) is 11.6 Å². The molecule has 0 radical (unpaired) electrons. The molecule has 0 unspecified atom stereocenters. The summed E-state index contributed by atoms with van der Waals surface area (Å²) in [6, 6.07) is 10.5. The van der Waals surface area contributed by atoms with E-state index >= 15 is 0 Å². The Morgan fingerprint density at radius 1 is 1.21 bits per heavy atom. The summed E-state index contributed by atoms with van der Waals surface area (Å²) < 4.78 is 11.8. The van der Waals surface area contributed by atoms with Crippen molar-refractivity contribution in [3.63, 3.8) is 0 Å². The highest BCUT2D eigenvalue weighted by molar-refractivity contribution is 9.10. The van der Waals surface area contributed by atoms with E-state index in [1.54, 1.807) is 6.20 Å². The van der Waals surface area contributed by atoms with Crippen LogP contribution in [-0.2, 0) is 6.42 Å². The summed E-state index contributed by atoms with van der Waals surface area (Å²) in [7, 11) is 0. The normalized spacial score (nSPS) is 12.4. The van der Waals surface area contributed by atoms with Crippen LogP contribution in [0.2, 0.25) is 0 Å². The predicted molar refractivity (Wildman–Crippen MR) is 111 cm³/mol. The highest BCUT2D eigenvalue weighted by Gasteiger charge is 2.27. The van der Waals surface area contributed by atoms with Gasteiger partial charge in [-0.25, -0.2) is 4.98 Å². The summed E-state index contributed by atoms with van der Waals surface area (Å²) in [6.45, 7) is 0.619. The van der Waals surface area contributed by atoms with E-state index in [1.165, 1.54) is 23.5 Å². The number of nitrogens with zero attached hydrogens (tertiary/aromatic N) is 2. The molecule has 0 fully saturated rings. The maximum atomic E-state index is 12.7. The molecule has 8 nitrogen and oxygen atoms in total. The third-order valence-electron chi connectivity index (χ3n) is 4.17. The molecule has 29 heavy (non-hydrogen) atoms. The second kappa shape index (κ2) is 8.18. The van der Waals surface area contributed by atoms with E-state index in [-0.39, 0.29) is 17.0 Å². The largest absolute Gasteiger partial charge is 0.486 e. The summed E-state index contributed by atoms with van der Waals surface area (Å²) in [4.78, 5) is 28.6. The molecule has 1 aliphatic rings. The van der Waals surface area contributed by atoms with Gasteiger partial charge in [-0.2, -0.15) is 0 Å². The van der Waals surface area contributed by atoms with Gasteiger partial charge in [-0.1, -0.05) is 28.1 Å². The van der Waals surface area contributed by atoms with E-state index in [0.717, 1.165) is 14.9 Å². The Kier molecular flexibility index (Phi) is 5.45. The molecular formula is C19H14BrN3O5S. The average molecular weight is 476 g/mol. The molecule has 1 aliphatic heterocycles. The second-order valence-electron chi connectivity index (χ2n) is 6.16. The van der Waals surface area contributed by atoms with Crippen LogP contribution in [0.5, 0.6) is 11.5 Å². The number of rotatable bonds is 5. The van der Waals surface area contributed by atoms with Crippen LogP contribution in [0.15, 0.2) is 47.1 Å².